The molecule has 4 aromatic rings. The lowest BCUT2D eigenvalue weighted by Gasteiger charge is -2.50. The SMILES string of the molecule is COC(=O)c1cccc(-c2csc(NC(=O)C3(C)CC4c5ccccc5C3c3ccccc34)n2)n1. The molecule has 0 fully saturated rings. The number of amides is 1. The van der Waals surface area contributed by atoms with Gasteiger partial charge in [0.25, 0.3) is 0 Å². The first-order chi connectivity index (χ1) is 17.0. The van der Waals surface area contributed by atoms with Gasteiger partial charge in [-0.1, -0.05) is 54.6 Å². The number of benzene rings is 2. The summed E-state index contributed by atoms with van der Waals surface area (Å²) in [7, 11) is 1.32. The minimum Gasteiger partial charge on any atom is -0.464 e. The number of methoxy groups -OCH3 is 1. The first kappa shape index (κ1) is 21.7. The third-order valence-electron chi connectivity index (χ3n) is 7.28. The van der Waals surface area contributed by atoms with Gasteiger partial charge in [-0.05, 0) is 47.7 Å². The Balaban J connectivity index is 1.31. The van der Waals surface area contributed by atoms with Crippen molar-refractivity contribution in [2.75, 3.05) is 12.4 Å². The standard InChI is InChI=1S/C28H23N3O3S/c1-28(14-20-16-8-3-5-10-18(16)24(28)19-11-6-4-9-17(19)20)26(33)31-27-30-23(15-35-27)21-12-7-13-22(29-21)25(32)34-2/h3-13,15,20,24H,14H2,1-2H3,(H,30,31,33). The number of carbonyl (C=O) groups excluding carboxylic acids is 2. The molecule has 1 amide bonds. The van der Waals surface area contributed by atoms with E-state index in [-0.39, 0.29) is 23.4 Å². The summed E-state index contributed by atoms with van der Waals surface area (Å²) in [6.45, 7) is 2.07. The fraction of sp³-hybridized carbons (Fsp3) is 0.214. The Morgan fingerprint density at radius 2 is 1.57 bits per heavy atom. The molecule has 174 valence electrons. The van der Waals surface area contributed by atoms with E-state index in [1.54, 1.807) is 18.2 Å². The summed E-state index contributed by atoms with van der Waals surface area (Å²) in [5.41, 5.74) is 5.89. The van der Waals surface area contributed by atoms with Crippen LogP contribution in [0.2, 0.25) is 0 Å². The summed E-state index contributed by atoms with van der Waals surface area (Å²) in [5.74, 6) is -0.358. The smallest absolute Gasteiger partial charge is 0.356 e. The zero-order valence-corrected chi connectivity index (χ0v) is 20.1. The molecular formula is C28H23N3O3S. The fourth-order valence-corrected chi connectivity index (χ4v) is 6.37. The van der Waals surface area contributed by atoms with E-state index >= 15 is 0 Å². The molecule has 0 saturated heterocycles. The Kier molecular flexibility index (Phi) is 5.04. The predicted octanol–water partition coefficient (Wildman–Crippen LogP) is 5.62. The number of esters is 1. The number of pyridine rings is 1. The monoisotopic (exact) mass is 481 g/mol. The van der Waals surface area contributed by atoms with Crippen LogP contribution in [0.3, 0.4) is 0 Å². The number of ether oxygens (including phenoxy) is 1. The van der Waals surface area contributed by atoms with E-state index in [4.69, 9.17) is 4.74 Å². The molecule has 1 unspecified atom stereocenters. The Morgan fingerprint density at radius 1 is 0.914 bits per heavy atom. The maximum atomic E-state index is 13.8. The van der Waals surface area contributed by atoms with Crippen molar-refractivity contribution in [2.45, 2.75) is 25.2 Å². The van der Waals surface area contributed by atoms with Crippen LogP contribution in [0.25, 0.3) is 11.4 Å². The van der Waals surface area contributed by atoms with E-state index in [0.717, 1.165) is 6.42 Å². The van der Waals surface area contributed by atoms with Gasteiger partial charge in [0.1, 0.15) is 11.4 Å². The van der Waals surface area contributed by atoms with Crippen molar-refractivity contribution in [3.05, 3.63) is 100 Å². The van der Waals surface area contributed by atoms with Crippen LogP contribution < -0.4 is 5.32 Å². The van der Waals surface area contributed by atoms with Crippen LogP contribution >= 0.6 is 11.3 Å². The van der Waals surface area contributed by atoms with Gasteiger partial charge in [0.2, 0.25) is 5.91 Å². The van der Waals surface area contributed by atoms with Crippen molar-refractivity contribution in [1.82, 2.24) is 9.97 Å². The minimum absolute atomic E-state index is 0.0160. The molecule has 2 aromatic heterocycles. The number of anilines is 1. The van der Waals surface area contributed by atoms with Gasteiger partial charge in [0.05, 0.1) is 18.2 Å². The van der Waals surface area contributed by atoms with Crippen LogP contribution in [-0.4, -0.2) is 29.0 Å². The van der Waals surface area contributed by atoms with Gasteiger partial charge in [-0.25, -0.2) is 14.8 Å². The average molecular weight is 482 g/mol. The zero-order valence-electron chi connectivity index (χ0n) is 19.3. The maximum absolute atomic E-state index is 13.8. The molecule has 3 aliphatic rings. The van der Waals surface area contributed by atoms with E-state index in [9.17, 15) is 9.59 Å². The van der Waals surface area contributed by atoms with Gasteiger partial charge < -0.3 is 10.1 Å². The first-order valence-electron chi connectivity index (χ1n) is 11.5. The molecule has 7 heteroatoms. The number of nitrogens with zero attached hydrogens (tertiary/aromatic N) is 2. The highest BCUT2D eigenvalue weighted by Crippen LogP contribution is 2.61. The topological polar surface area (TPSA) is 81.2 Å². The third-order valence-corrected chi connectivity index (χ3v) is 8.04. The van der Waals surface area contributed by atoms with Gasteiger partial charge in [-0.2, -0.15) is 0 Å². The Hall–Kier alpha value is -3.84. The van der Waals surface area contributed by atoms with Gasteiger partial charge >= 0.3 is 5.97 Å². The van der Waals surface area contributed by atoms with Crippen molar-refractivity contribution < 1.29 is 14.3 Å². The summed E-state index contributed by atoms with van der Waals surface area (Å²) in [4.78, 5) is 34.6. The second kappa shape index (κ2) is 8.13. The third kappa shape index (κ3) is 3.38. The summed E-state index contributed by atoms with van der Waals surface area (Å²) >= 11 is 1.35. The lowest BCUT2D eigenvalue weighted by molar-refractivity contribution is -0.126. The van der Waals surface area contributed by atoms with Gasteiger partial charge in [-0.15, -0.1) is 11.3 Å². The first-order valence-corrected chi connectivity index (χ1v) is 12.4. The number of rotatable bonds is 4. The number of fused-ring (bicyclic) bond motifs is 1. The predicted molar refractivity (Wildman–Crippen MR) is 135 cm³/mol. The second-order valence-electron chi connectivity index (χ2n) is 9.26. The molecule has 2 aromatic carbocycles. The van der Waals surface area contributed by atoms with Crippen LogP contribution in [-0.2, 0) is 9.53 Å². The van der Waals surface area contributed by atoms with Crippen molar-refractivity contribution in [1.29, 1.82) is 0 Å². The lowest BCUT2D eigenvalue weighted by Crippen LogP contribution is -2.47. The molecule has 6 nitrogen and oxygen atoms in total. The van der Waals surface area contributed by atoms with Crippen LogP contribution in [0.5, 0.6) is 0 Å². The van der Waals surface area contributed by atoms with E-state index < -0.39 is 11.4 Å². The van der Waals surface area contributed by atoms with E-state index in [1.165, 1.54) is 40.7 Å². The van der Waals surface area contributed by atoms with Gasteiger partial charge in [-0.3, -0.25) is 4.79 Å². The van der Waals surface area contributed by atoms with E-state index in [2.05, 4.69) is 70.7 Å². The highest BCUT2D eigenvalue weighted by Gasteiger charge is 2.53. The molecule has 0 spiro atoms. The van der Waals surface area contributed by atoms with Crippen LogP contribution in [0.4, 0.5) is 5.13 Å². The van der Waals surface area contributed by atoms with Crippen molar-refractivity contribution in [3.8, 4) is 11.4 Å². The molecule has 1 N–H and O–H groups in total. The number of aromatic nitrogens is 2. The van der Waals surface area contributed by atoms with Crippen molar-refractivity contribution >= 4 is 28.3 Å². The fourth-order valence-electron chi connectivity index (χ4n) is 5.67. The minimum atomic E-state index is -0.609. The summed E-state index contributed by atoms with van der Waals surface area (Å²) in [5, 5.41) is 5.43. The molecule has 3 aliphatic carbocycles. The van der Waals surface area contributed by atoms with Crippen molar-refractivity contribution in [3.63, 3.8) is 0 Å². The van der Waals surface area contributed by atoms with E-state index in [1.807, 2.05) is 5.38 Å². The Bertz CT molecular complexity index is 1430. The molecule has 1 atom stereocenters. The summed E-state index contributed by atoms with van der Waals surface area (Å²) < 4.78 is 4.76. The summed E-state index contributed by atoms with van der Waals surface area (Å²) in [6.07, 6.45) is 0.749. The lowest BCUT2D eigenvalue weighted by atomic mass is 9.52. The second-order valence-corrected chi connectivity index (χ2v) is 10.1. The van der Waals surface area contributed by atoms with Crippen LogP contribution in [0, 0.1) is 5.41 Å². The molecule has 2 bridgehead atoms. The molecule has 7 rings (SSSR count). The molecule has 0 aliphatic heterocycles. The van der Waals surface area contributed by atoms with Crippen molar-refractivity contribution in [2.24, 2.45) is 5.41 Å². The van der Waals surface area contributed by atoms with Gasteiger partial charge in [0, 0.05) is 17.2 Å². The average Bonchev–Trinajstić information content (AvgIpc) is 3.37. The number of hydrogen-bond donors (Lipinski definition) is 1. The van der Waals surface area contributed by atoms with E-state index in [0.29, 0.717) is 16.5 Å². The van der Waals surface area contributed by atoms with Crippen LogP contribution in [0.15, 0.2) is 72.1 Å². The molecule has 2 heterocycles. The highest BCUT2D eigenvalue weighted by molar-refractivity contribution is 7.14. The Labute approximate surface area is 207 Å². The maximum Gasteiger partial charge on any atom is 0.356 e. The molecular weight excluding hydrogens is 458 g/mol. The quantitative estimate of drug-likeness (QED) is 0.383. The molecule has 35 heavy (non-hydrogen) atoms. The number of hydrogen-bond acceptors (Lipinski definition) is 6. The number of carbonyl (C=O) groups is 2. The molecule has 0 radical (unpaired) electrons. The normalized spacial score (nSPS) is 21.7. The van der Waals surface area contributed by atoms with Gasteiger partial charge in [0.15, 0.2) is 5.13 Å². The largest absolute Gasteiger partial charge is 0.464 e. The number of nitrogens with one attached hydrogen (secondary N) is 1. The summed E-state index contributed by atoms with van der Waals surface area (Å²) in [6, 6.07) is 22.1. The number of thiazole rings is 1. The zero-order chi connectivity index (χ0) is 24.2. The highest BCUT2D eigenvalue weighted by atomic mass is 32.1. The van der Waals surface area contributed by atoms with Crippen LogP contribution in [0.1, 0.15) is 57.9 Å². The Morgan fingerprint density at radius 3 is 2.23 bits per heavy atom. The molecule has 0 saturated carbocycles.